The number of benzene rings is 2. The summed E-state index contributed by atoms with van der Waals surface area (Å²) < 4.78 is 21.0. The monoisotopic (exact) mass is 564 g/mol. The lowest BCUT2D eigenvalue weighted by molar-refractivity contribution is -0.151. The van der Waals surface area contributed by atoms with Crippen molar-refractivity contribution in [3.63, 3.8) is 0 Å². The van der Waals surface area contributed by atoms with E-state index < -0.39 is 11.7 Å². The number of ketones is 1. The van der Waals surface area contributed by atoms with Gasteiger partial charge in [0.25, 0.3) is 0 Å². The number of likely N-dealkylation sites (tertiary alicyclic amines) is 1. The molecule has 0 aromatic heterocycles. The Kier molecular flexibility index (Phi) is 9.94. The van der Waals surface area contributed by atoms with Crippen molar-refractivity contribution in [1.82, 2.24) is 9.80 Å². The molecule has 0 unspecified atom stereocenters. The molecule has 0 bridgehead atoms. The van der Waals surface area contributed by atoms with Gasteiger partial charge in [0.1, 0.15) is 17.2 Å². The number of aryl methyl sites for hydroxylation is 2. The quantitative estimate of drug-likeness (QED) is 0.429. The van der Waals surface area contributed by atoms with Crippen LogP contribution in [0.2, 0.25) is 0 Å². The van der Waals surface area contributed by atoms with Crippen molar-refractivity contribution in [2.45, 2.75) is 90.7 Å². The van der Waals surface area contributed by atoms with Crippen LogP contribution in [0.15, 0.2) is 42.5 Å². The second kappa shape index (κ2) is 13.4. The molecule has 4 rings (SSSR count). The van der Waals surface area contributed by atoms with Crippen LogP contribution < -0.4 is 0 Å². The van der Waals surface area contributed by atoms with Crippen molar-refractivity contribution in [3.05, 3.63) is 70.5 Å². The summed E-state index contributed by atoms with van der Waals surface area (Å²) >= 11 is 0. The summed E-state index contributed by atoms with van der Waals surface area (Å²) in [5, 5.41) is 0. The first kappa shape index (κ1) is 30.4. The maximum atomic E-state index is 15.5. The average Bonchev–Trinajstić information content (AvgIpc) is 2.93. The van der Waals surface area contributed by atoms with Gasteiger partial charge in [0, 0.05) is 38.8 Å². The van der Waals surface area contributed by atoms with Crippen LogP contribution in [-0.4, -0.2) is 52.2 Å². The Hall–Kier alpha value is -3.55. The third kappa shape index (κ3) is 8.72. The second-order valence-electron chi connectivity index (χ2n) is 12.2. The zero-order valence-electron chi connectivity index (χ0n) is 24.4. The molecule has 0 aliphatic carbocycles. The number of carbonyl (C=O) groups is 4. The van der Waals surface area contributed by atoms with E-state index >= 15 is 4.39 Å². The molecule has 8 heteroatoms. The maximum Gasteiger partial charge on any atom is 0.410 e. The minimum Gasteiger partial charge on any atom is -0.444 e. The number of halogens is 1. The Morgan fingerprint density at radius 3 is 2.29 bits per heavy atom. The molecule has 2 aromatic rings. The zero-order chi connectivity index (χ0) is 29.6. The van der Waals surface area contributed by atoms with Gasteiger partial charge in [-0.3, -0.25) is 19.3 Å². The number of nitrogens with zero attached hydrogens (tertiary/aromatic N) is 2. The standard InChI is InChI=1S/C33H41FN2O5/c1-33(2,3)41-32(40)35-16-14-27(37)11-7-10-26-18-24(19-29(34)28(26)15-17-35)12-13-25-20-30(38)36(31(39)21-25)22-23-8-5-4-6-9-23/h4-6,8-9,18-19,25H,7,10-17,20-22H2,1-3H3. The number of imide groups is 1. The molecule has 0 saturated carbocycles. The number of hydrogen-bond acceptors (Lipinski definition) is 5. The summed E-state index contributed by atoms with van der Waals surface area (Å²) in [4.78, 5) is 53.7. The first-order chi connectivity index (χ1) is 19.5. The van der Waals surface area contributed by atoms with Gasteiger partial charge < -0.3 is 9.64 Å². The molecule has 7 nitrogen and oxygen atoms in total. The van der Waals surface area contributed by atoms with E-state index in [0.29, 0.717) is 56.9 Å². The number of hydrogen-bond donors (Lipinski definition) is 0. The first-order valence-electron chi connectivity index (χ1n) is 14.7. The predicted octanol–water partition coefficient (Wildman–Crippen LogP) is 5.80. The van der Waals surface area contributed by atoms with Crippen LogP contribution in [-0.2, 0) is 44.9 Å². The smallest absolute Gasteiger partial charge is 0.410 e. The molecule has 2 aliphatic heterocycles. The van der Waals surface area contributed by atoms with E-state index in [1.165, 1.54) is 15.9 Å². The predicted molar refractivity (Wildman–Crippen MR) is 154 cm³/mol. The minimum absolute atomic E-state index is 0.0755. The minimum atomic E-state index is -0.668. The van der Waals surface area contributed by atoms with Crippen LogP contribution in [0.3, 0.4) is 0 Å². The normalized spacial score (nSPS) is 17.7. The molecule has 220 valence electrons. The van der Waals surface area contributed by atoms with Crippen LogP contribution >= 0.6 is 0 Å². The zero-order valence-corrected chi connectivity index (χ0v) is 24.4. The lowest BCUT2D eigenvalue weighted by Crippen LogP contribution is -2.42. The third-order valence-electron chi connectivity index (χ3n) is 7.75. The van der Waals surface area contributed by atoms with Crippen LogP contribution in [0.1, 0.15) is 81.5 Å². The summed E-state index contributed by atoms with van der Waals surface area (Å²) in [7, 11) is 0. The van der Waals surface area contributed by atoms with Crippen molar-refractivity contribution < 1.29 is 28.3 Å². The molecule has 3 amide bonds. The van der Waals surface area contributed by atoms with Crippen molar-refractivity contribution in [3.8, 4) is 0 Å². The molecule has 2 aromatic carbocycles. The Bertz CT molecular complexity index is 1250. The van der Waals surface area contributed by atoms with Gasteiger partial charge in [0.05, 0.1) is 6.54 Å². The summed E-state index contributed by atoms with van der Waals surface area (Å²) in [5.41, 5.74) is 2.49. The highest BCUT2D eigenvalue weighted by Gasteiger charge is 2.32. The van der Waals surface area contributed by atoms with E-state index in [4.69, 9.17) is 4.74 Å². The van der Waals surface area contributed by atoms with Gasteiger partial charge in [-0.1, -0.05) is 36.4 Å². The number of Topliss-reactive ketones (excluding diaryl/α,β-unsaturated/α-hetero) is 1. The number of amides is 3. The number of carbonyl (C=O) groups excluding carboxylic acids is 4. The molecule has 41 heavy (non-hydrogen) atoms. The largest absolute Gasteiger partial charge is 0.444 e. The third-order valence-corrected chi connectivity index (χ3v) is 7.75. The molecule has 0 N–H and O–H groups in total. The van der Waals surface area contributed by atoms with E-state index in [1.54, 1.807) is 20.8 Å². The SMILES string of the molecule is CC(C)(C)OC(=O)N1CCC(=O)CCCc2cc(CCC3CC(=O)N(Cc4ccccc4)C(=O)C3)cc(F)c2CC1. The van der Waals surface area contributed by atoms with E-state index in [2.05, 4.69) is 0 Å². The van der Waals surface area contributed by atoms with Gasteiger partial charge in [0.15, 0.2) is 0 Å². The van der Waals surface area contributed by atoms with Gasteiger partial charge in [-0.25, -0.2) is 9.18 Å². The molecule has 0 atom stereocenters. The van der Waals surface area contributed by atoms with E-state index in [1.807, 2.05) is 36.4 Å². The van der Waals surface area contributed by atoms with E-state index in [9.17, 15) is 19.2 Å². The highest BCUT2D eigenvalue weighted by atomic mass is 19.1. The number of rotatable bonds is 5. The summed E-state index contributed by atoms with van der Waals surface area (Å²) in [6, 6.07) is 13.0. The van der Waals surface area contributed by atoms with Crippen LogP contribution in [0.5, 0.6) is 0 Å². The van der Waals surface area contributed by atoms with Gasteiger partial charge in [-0.15, -0.1) is 0 Å². The molecule has 0 spiro atoms. The fourth-order valence-electron chi connectivity index (χ4n) is 5.57. The van der Waals surface area contributed by atoms with Crippen LogP contribution in [0.25, 0.3) is 0 Å². The highest BCUT2D eigenvalue weighted by molar-refractivity contribution is 5.97. The molecule has 1 fully saturated rings. The van der Waals surface area contributed by atoms with Crippen molar-refractivity contribution in [1.29, 1.82) is 0 Å². The van der Waals surface area contributed by atoms with Crippen molar-refractivity contribution >= 4 is 23.7 Å². The van der Waals surface area contributed by atoms with Crippen molar-refractivity contribution in [2.24, 2.45) is 5.92 Å². The van der Waals surface area contributed by atoms with Crippen molar-refractivity contribution in [2.75, 3.05) is 13.1 Å². The molecular weight excluding hydrogens is 523 g/mol. The second-order valence-corrected chi connectivity index (χ2v) is 12.2. The van der Waals surface area contributed by atoms with Gasteiger partial charge >= 0.3 is 6.09 Å². The van der Waals surface area contributed by atoms with Gasteiger partial charge in [0.2, 0.25) is 11.8 Å². The van der Waals surface area contributed by atoms with Crippen LogP contribution in [0, 0.1) is 11.7 Å². The topological polar surface area (TPSA) is 84.0 Å². The van der Waals surface area contributed by atoms with Crippen LogP contribution in [0.4, 0.5) is 9.18 Å². The summed E-state index contributed by atoms with van der Waals surface area (Å²) in [6.07, 6.45) is 3.42. The summed E-state index contributed by atoms with van der Waals surface area (Å²) in [5.74, 6) is -0.657. The molecule has 2 aliphatic rings. The fraction of sp³-hybridized carbons (Fsp3) is 0.515. The molecule has 1 saturated heterocycles. The maximum absolute atomic E-state index is 15.5. The molecular formula is C33H41FN2O5. The Labute approximate surface area is 242 Å². The first-order valence-corrected chi connectivity index (χ1v) is 14.7. The molecule has 2 heterocycles. The summed E-state index contributed by atoms with van der Waals surface area (Å²) in [6.45, 7) is 6.17. The Balaban J connectivity index is 1.42. The van der Waals surface area contributed by atoms with Gasteiger partial charge in [-0.05, 0) is 87.1 Å². The lowest BCUT2D eigenvalue weighted by atomic mass is 9.88. The number of piperidine rings is 1. The van der Waals surface area contributed by atoms with E-state index in [-0.39, 0.29) is 55.4 Å². The number of fused-ring (bicyclic) bond motifs is 1. The molecule has 0 radical (unpaired) electrons. The van der Waals surface area contributed by atoms with E-state index in [0.717, 1.165) is 16.7 Å². The highest BCUT2D eigenvalue weighted by Crippen LogP contribution is 2.28. The average molecular weight is 565 g/mol. The number of ether oxygens (including phenoxy) is 1. The Morgan fingerprint density at radius 2 is 1.61 bits per heavy atom. The lowest BCUT2D eigenvalue weighted by Gasteiger charge is -2.30. The fourth-order valence-corrected chi connectivity index (χ4v) is 5.57. The Morgan fingerprint density at radius 1 is 0.927 bits per heavy atom. The van der Waals surface area contributed by atoms with Gasteiger partial charge in [-0.2, -0.15) is 0 Å².